The molecule has 0 spiro atoms. The van der Waals surface area contributed by atoms with Crippen LogP contribution in [0.1, 0.15) is 32.8 Å². The van der Waals surface area contributed by atoms with Gasteiger partial charge >= 0.3 is 0 Å². The van der Waals surface area contributed by atoms with Gasteiger partial charge < -0.3 is 10.2 Å². The van der Waals surface area contributed by atoms with E-state index >= 15 is 0 Å². The van der Waals surface area contributed by atoms with Gasteiger partial charge in [-0.15, -0.1) is 0 Å². The molecule has 0 aliphatic carbocycles. The predicted octanol–water partition coefficient (Wildman–Crippen LogP) is 4.19. The van der Waals surface area contributed by atoms with E-state index in [4.69, 9.17) is 0 Å². The molecular formula is C27H26N4O2. The molecule has 4 aromatic rings. The highest BCUT2D eigenvalue weighted by Crippen LogP contribution is 2.28. The molecule has 2 heterocycles. The zero-order chi connectivity index (χ0) is 22.9. The Balaban J connectivity index is 1.34. The van der Waals surface area contributed by atoms with E-state index < -0.39 is 0 Å². The highest BCUT2D eigenvalue weighted by atomic mass is 16.2. The van der Waals surface area contributed by atoms with Crippen LogP contribution in [0, 0.1) is 6.92 Å². The maximum Gasteiger partial charge on any atom is 0.272 e. The summed E-state index contributed by atoms with van der Waals surface area (Å²) < 4.78 is 1.72. The van der Waals surface area contributed by atoms with Crippen molar-refractivity contribution in [2.45, 2.75) is 19.4 Å². The fourth-order valence-electron chi connectivity index (χ4n) is 4.67. The number of nitrogens with zero attached hydrogens (tertiary/aromatic N) is 3. The van der Waals surface area contributed by atoms with Gasteiger partial charge in [-0.1, -0.05) is 66.7 Å². The highest BCUT2D eigenvalue weighted by molar-refractivity contribution is 6.05. The first-order valence-electron chi connectivity index (χ1n) is 11.2. The predicted molar refractivity (Wildman–Crippen MR) is 129 cm³/mol. The van der Waals surface area contributed by atoms with Gasteiger partial charge in [-0.05, 0) is 36.1 Å². The second kappa shape index (κ2) is 8.54. The lowest BCUT2D eigenvalue weighted by Crippen LogP contribution is -2.39. The lowest BCUT2D eigenvalue weighted by Gasteiger charge is -2.20. The fraction of sp³-hybridized carbons (Fsp3) is 0.222. The third kappa shape index (κ3) is 3.89. The number of benzene rings is 3. The van der Waals surface area contributed by atoms with E-state index in [1.54, 1.807) is 4.68 Å². The van der Waals surface area contributed by atoms with Gasteiger partial charge in [-0.2, -0.15) is 5.10 Å². The van der Waals surface area contributed by atoms with Crippen LogP contribution < -0.4 is 5.32 Å². The third-order valence-corrected chi connectivity index (χ3v) is 6.36. The summed E-state index contributed by atoms with van der Waals surface area (Å²) in [4.78, 5) is 28.4. The molecule has 1 N–H and O–H groups in total. The van der Waals surface area contributed by atoms with E-state index in [9.17, 15) is 9.59 Å². The third-order valence-electron chi connectivity index (χ3n) is 6.36. The first-order chi connectivity index (χ1) is 16.0. The minimum absolute atomic E-state index is 0.00647. The molecule has 0 bridgehead atoms. The lowest BCUT2D eigenvalue weighted by atomic mass is 9.95. The molecule has 6 heteroatoms. The minimum Gasteiger partial charge on any atom is -0.346 e. The number of aromatic nitrogens is 2. The summed E-state index contributed by atoms with van der Waals surface area (Å²) in [6.45, 7) is 3.06. The van der Waals surface area contributed by atoms with Crippen LogP contribution in [0.5, 0.6) is 0 Å². The molecule has 1 aliphatic heterocycles. The van der Waals surface area contributed by atoms with E-state index in [0.29, 0.717) is 18.8 Å². The minimum atomic E-state index is -0.202. The smallest absolute Gasteiger partial charge is 0.272 e. The van der Waals surface area contributed by atoms with E-state index in [0.717, 1.165) is 39.6 Å². The zero-order valence-electron chi connectivity index (χ0n) is 18.8. The Morgan fingerprint density at radius 3 is 2.55 bits per heavy atom. The summed E-state index contributed by atoms with van der Waals surface area (Å²) in [6, 6.07) is 23.5. The molecule has 1 atom stereocenters. The van der Waals surface area contributed by atoms with Crippen molar-refractivity contribution in [3.63, 3.8) is 0 Å². The second-order valence-corrected chi connectivity index (χ2v) is 8.56. The average molecular weight is 439 g/mol. The molecule has 5 rings (SSSR count). The molecular weight excluding hydrogens is 412 g/mol. The van der Waals surface area contributed by atoms with Crippen LogP contribution in [0.3, 0.4) is 0 Å². The second-order valence-electron chi connectivity index (χ2n) is 8.56. The van der Waals surface area contributed by atoms with Crippen molar-refractivity contribution in [2.24, 2.45) is 7.05 Å². The van der Waals surface area contributed by atoms with Gasteiger partial charge in [0.15, 0.2) is 5.69 Å². The molecule has 6 nitrogen and oxygen atoms in total. The molecule has 0 radical (unpaired) electrons. The SMILES string of the molecule is Cc1cccc(-c2ccccc2)c1C(=O)N1CC[C@@H](NC(=O)c2nn(C)c3ccccc23)C1. The first kappa shape index (κ1) is 20.9. The van der Waals surface area contributed by atoms with Gasteiger partial charge in [0, 0.05) is 31.6 Å². The molecule has 0 unspecified atom stereocenters. The first-order valence-corrected chi connectivity index (χ1v) is 11.2. The number of carbonyl (C=O) groups is 2. The summed E-state index contributed by atoms with van der Waals surface area (Å²) in [7, 11) is 1.83. The van der Waals surface area contributed by atoms with Crippen molar-refractivity contribution in [2.75, 3.05) is 13.1 Å². The summed E-state index contributed by atoms with van der Waals surface area (Å²) in [5.41, 5.74) is 4.98. The Kier molecular flexibility index (Phi) is 5.42. The van der Waals surface area contributed by atoms with Gasteiger partial charge in [0.1, 0.15) is 0 Å². The average Bonchev–Trinajstić information content (AvgIpc) is 3.44. The zero-order valence-corrected chi connectivity index (χ0v) is 18.8. The molecule has 1 saturated heterocycles. The molecule has 1 fully saturated rings. The van der Waals surface area contributed by atoms with E-state index in [1.165, 1.54) is 0 Å². The number of nitrogens with one attached hydrogen (secondary N) is 1. The van der Waals surface area contributed by atoms with Crippen LogP contribution in [0.25, 0.3) is 22.0 Å². The van der Waals surface area contributed by atoms with Gasteiger partial charge in [0.25, 0.3) is 11.8 Å². The van der Waals surface area contributed by atoms with Crippen molar-refractivity contribution in [1.29, 1.82) is 0 Å². The Morgan fingerprint density at radius 2 is 1.73 bits per heavy atom. The summed E-state index contributed by atoms with van der Waals surface area (Å²) in [6.07, 6.45) is 0.717. The Labute approximate surface area is 192 Å². The highest BCUT2D eigenvalue weighted by Gasteiger charge is 2.31. The van der Waals surface area contributed by atoms with Crippen LogP contribution in [0.2, 0.25) is 0 Å². The number of carbonyl (C=O) groups excluding carboxylic acids is 2. The van der Waals surface area contributed by atoms with Crippen LogP contribution in [0.15, 0.2) is 72.8 Å². The van der Waals surface area contributed by atoms with E-state index in [1.807, 2.05) is 91.7 Å². The molecule has 166 valence electrons. The maximum absolute atomic E-state index is 13.5. The quantitative estimate of drug-likeness (QED) is 0.519. The lowest BCUT2D eigenvalue weighted by molar-refractivity contribution is 0.0783. The topological polar surface area (TPSA) is 67.2 Å². The van der Waals surface area contributed by atoms with Crippen molar-refractivity contribution in [1.82, 2.24) is 20.0 Å². The number of aryl methyl sites for hydroxylation is 2. The van der Waals surface area contributed by atoms with Crippen molar-refractivity contribution >= 4 is 22.7 Å². The van der Waals surface area contributed by atoms with E-state index in [2.05, 4.69) is 10.4 Å². The largest absolute Gasteiger partial charge is 0.346 e. The monoisotopic (exact) mass is 438 g/mol. The molecule has 2 amide bonds. The van der Waals surface area contributed by atoms with Gasteiger partial charge in [-0.25, -0.2) is 0 Å². The normalized spacial score (nSPS) is 15.7. The molecule has 1 aliphatic rings. The summed E-state index contributed by atoms with van der Waals surface area (Å²) in [5, 5.41) is 8.33. The Morgan fingerprint density at radius 1 is 0.970 bits per heavy atom. The fourth-order valence-corrected chi connectivity index (χ4v) is 4.67. The summed E-state index contributed by atoms with van der Waals surface area (Å²) in [5.74, 6) is -0.195. The van der Waals surface area contributed by atoms with Crippen molar-refractivity contribution < 1.29 is 9.59 Å². The number of likely N-dealkylation sites (tertiary alicyclic amines) is 1. The number of hydrogen-bond donors (Lipinski definition) is 1. The van der Waals surface area contributed by atoms with Crippen LogP contribution in [-0.2, 0) is 7.05 Å². The van der Waals surface area contributed by atoms with Gasteiger partial charge in [-0.3, -0.25) is 14.3 Å². The Bertz CT molecular complexity index is 1340. The van der Waals surface area contributed by atoms with E-state index in [-0.39, 0.29) is 17.9 Å². The number of rotatable bonds is 4. The number of hydrogen-bond acceptors (Lipinski definition) is 3. The molecule has 0 saturated carbocycles. The number of fused-ring (bicyclic) bond motifs is 1. The van der Waals surface area contributed by atoms with Gasteiger partial charge in [0.2, 0.25) is 0 Å². The standard InChI is InChI=1S/C27H26N4O2/c1-18-9-8-13-21(19-10-4-3-5-11-19)24(18)27(33)31-16-15-20(17-31)28-26(32)25-22-12-6-7-14-23(22)30(2)29-25/h3-14,20H,15-17H2,1-2H3,(H,28,32)/t20-/m1/s1. The number of para-hydroxylation sites is 1. The van der Waals surface area contributed by atoms with Crippen molar-refractivity contribution in [3.8, 4) is 11.1 Å². The molecule has 3 aromatic carbocycles. The van der Waals surface area contributed by atoms with Gasteiger partial charge in [0.05, 0.1) is 11.1 Å². The van der Waals surface area contributed by atoms with Crippen LogP contribution in [0.4, 0.5) is 0 Å². The number of amides is 2. The maximum atomic E-state index is 13.5. The molecule has 1 aromatic heterocycles. The molecule has 33 heavy (non-hydrogen) atoms. The Hall–Kier alpha value is -3.93. The van der Waals surface area contributed by atoms with Crippen LogP contribution in [-0.4, -0.2) is 45.6 Å². The summed E-state index contributed by atoms with van der Waals surface area (Å²) >= 11 is 0. The van der Waals surface area contributed by atoms with Crippen LogP contribution >= 0.6 is 0 Å². The van der Waals surface area contributed by atoms with Crippen molar-refractivity contribution in [3.05, 3.63) is 89.6 Å².